The normalized spacial score (nSPS) is 32.9. The van der Waals surface area contributed by atoms with Gasteiger partial charge in [0.1, 0.15) is 11.6 Å². The smallest absolute Gasteiger partial charge is 0.411 e. The van der Waals surface area contributed by atoms with E-state index >= 15 is 0 Å². The Labute approximate surface area is 107 Å². The quantitative estimate of drug-likeness (QED) is 0.777. The van der Waals surface area contributed by atoms with Crippen LogP contribution >= 0.6 is 0 Å². The standard InChI is InChI=1S/C13H21NO4/c1-12(2,3)18-11(17)14-6-7-8(13(7,4)5)9(14)10(15)16/h7-9H,6H2,1-5H3,(H,15,16)/t7-,8-,9?/m0/s1. The number of fused-ring (bicyclic) bond motifs is 1. The highest BCUT2D eigenvalue weighted by Crippen LogP contribution is 2.64. The van der Waals surface area contributed by atoms with E-state index < -0.39 is 23.7 Å². The van der Waals surface area contributed by atoms with Crippen LogP contribution in [0, 0.1) is 17.3 Å². The summed E-state index contributed by atoms with van der Waals surface area (Å²) >= 11 is 0. The minimum absolute atomic E-state index is 0.0293. The van der Waals surface area contributed by atoms with Crippen molar-refractivity contribution < 1.29 is 19.4 Å². The van der Waals surface area contributed by atoms with Gasteiger partial charge in [-0.05, 0) is 32.1 Å². The zero-order valence-electron chi connectivity index (χ0n) is 11.6. The lowest BCUT2D eigenvalue weighted by Gasteiger charge is -2.30. The molecule has 2 rings (SSSR count). The van der Waals surface area contributed by atoms with Crippen LogP contribution in [0.4, 0.5) is 4.79 Å². The highest BCUT2D eigenvalue weighted by molar-refractivity contribution is 5.82. The fourth-order valence-electron chi connectivity index (χ4n) is 3.08. The molecular weight excluding hydrogens is 234 g/mol. The van der Waals surface area contributed by atoms with Gasteiger partial charge in [0.2, 0.25) is 0 Å². The third-order valence-corrected chi connectivity index (χ3v) is 4.09. The highest BCUT2D eigenvalue weighted by atomic mass is 16.6. The molecule has 1 aliphatic carbocycles. The Morgan fingerprint density at radius 3 is 2.33 bits per heavy atom. The minimum atomic E-state index is -0.932. The number of nitrogens with zero attached hydrogens (tertiary/aromatic N) is 1. The first kappa shape index (κ1) is 13.2. The lowest BCUT2D eigenvalue weighted by Crippen LogP contribution is -2.47. The molecule has 0 aromatic carbocycles. The van der Waals surface area contributed by atoms with E-state index in [0.29, 0.717) is 6.54 Å². The van der Waals surface area contributed by atoms with E-state index in [1.807, 2.05) is 0 Å². The van der Waals surface area contributed by atoms with Gasteiger partial charge in [-0.25, -0.2) is 9.59 Å². The van der Waals surface area contributed by atoms with Gasteiger partial charge in [0, 0.05) is 12.5 Å². The number of piperidine rings is 1. The zero-order valence-corrected chi connectivity index (χ0v) is 11.6. The Balaban J connectivity index is 2.12. The first-order valence-electron chi connectivity index (χ1n) is 6.28. The molecule has 5 heteroatoms. The molecule has 1 unspecified atom stereocenters. The maximum Gasteiger partial charge on any atom is 0.411 e. The largest absolute Gasteiger partial charge is 0.480 e. The molecule has 102 valence electrons. The SMILES string of the molecule is CC(C)(C)OC(=O)N1C[C@H]2[C@@H](C1C(=O)O)C2(C)C. The summed E-state index contributed by atoms with van der Waals surface area (Å²) in [6, 6.07) is -0.736. The first-order valence-corrected chi connectivity index (χ1v) is 6.28. The maximum atomic E-state index is 12.0. The van der Waals surface area contributed by atoms with E-state index in [4.69, 9.17) is 4.74 Å². The molecule has 0 aromatic rings. The number of likely N-dealkylation sites (tertiary alicyclic amines) is 1. The predicted octanol–water partition coefficient (Wildman–Crippen LogP) is 1.96. The van der Waals surface area contributed by atoms with Crippen LogP contribution in [0.3, 0.4) is 0 Å². The van der Waals surface area contributed by atoms with Crippen LogP contribution < -0.4 is 0 Å². The number of aliphatic carboxylic acids is 1. The van der Waals surface area contributed by atoms with E-state index in [0.717, 1.165) is 0 Å². The van der Waals surface area contributed by atoms with Gasteiger partial charge in [0.05, 0.1) is 0 Å². The number of carboxylic acids is 1. The van der Waals surface area contributed by atoms with Gasteiger partial charge in [0.15, 0.2) is 0 Å². The average Bonchev–Trinajstić information content (AvgIpc) is 2.59. The fraction of sp³-hybridized carbons (Fsp3) is 0.846. The molecular formula is C13H21NO4. The Morgan fingerprint density at radius 2 is 1.89 bits per heavy atom. The second-order valence-corrected chi connectivity index (χ2v) is 6.87. The number of amides is 1. The number of carbonyl (C=O) groups is 2. The molecule has 1 saturated heterocycles. The summed E-state index contributed by atoms with van der Waals surface area (Å²) < 4.78 is 5.26. The summed E-state index contributed by atoms with van der Waals surface area (Å²) in [4.78, 5) is 24.7. The van der Waals surface area contributed by atoms with Crippen LogP contribution in [0.1, 0.15) is 34.6 Å². The molecule has 5 nitrogen and oxygen atoms in total. The van der Waals surface area contributed by atoms with Crippen molar-refractivity contribution in [3.8, 4) is 0 Å². The van der Waals surface area contributed by atoms with E-state index in [1.165, 1.54) is 4.90 Å². The van der Waals surface area contributed by atoms with Crippen molar-refractivity contribution in [2.75, 3.05) is 6.54 Å². The molecule has 3 atom stereocenters. The Bertz CT molecular complexity index is 396. The second kappa shape index (κ2) is 3.62. The maximum absolute atomic E-state index is 12.0. The van der Waals surface area contributed by atoms with E-state index in [1.54, 1.807) is 20.8 Å². The molecule has 0 bridgehead atoms. The summed E-state index contributed by atoms with van der Waals surface area (Å²) in [6.45, 7) is 9.95. The van der Waals surface area contributed by atoms with Crippen LogP contribution in [0.2, 0.25) is 0 Å². The van der Waals surface area contributed by atoms with Crippen LogP contribution in [0.5, 0.6) is 0 Å². The molecule has 2 fully saturated rings. The first-order chi connectivity index (χ1) is 8.05. The van der Waals surface area contributed by atoms with Crippen LogP contribution in [-0.4, -0.2) is 40.3 Å². The summed E-state index contributed by atoms with van der Waals surface area (Å²) in [6.07, 6.45) is -0.516. The van der Waals surface area contributed by atoms with Crippen molar-refractivity contribution in [3.63, 3.8) is 0 Å². The average molecular weight is 255 g/mol. The van der Waals surface area contributed by atoms with Crippen molar-refractivity contribution in [1.82, 2.24) is 4.90 Å². The van der Waals surface area contributed by atoms with Gasteiger partial charge in [0.25, 0.3) is 0 Å². The second-order valence-electron chi connectivity index (χ2n) is 6.87. The molecule has 1 amide bonds. The predicted molar refractivity (Wildman–Crippen MR) is 65.1 cm³/mol. The van der Waals surface area contributed by atoms with Crippen molar-refractivity contribution >= 4 is 12.1 Å². The van der Waals surface area contributed by atoms with Gasteiger partial charge in [-0.2, -0.15) is 0 Å². The Hall–Kier alpha value is -1.26. The Kier molecular flexibility index (Phi) is 2.65. The van der Waals surface area contributed by atoms with E-state index in [-0.39, 0.29) is 17.3 Å². The monoisotopic (exact) mass is 255 g/mol. The summed E-state index contributed by atoms with van der Waals surface area (Å²) in [5.41, 5.74) is -0.565. The summed E-state index contributed by atoms with van der Waals surface area (Å²) in [7, 11) is 0. The van der Waals surface area contributed by atoms with Crippen molar-refractivity contribution in [3.05, 3.63) is 0 Å². The lowest BCUT2D eigenvalue weighted by molar-refractivity contribution is -0.143. The molecule has 0 aromatic heterocycles. The highest BCUT2D eigenvalue weighted by Gasteiger charge is 2.70. The van der Waals surface area contributed by atoms with Crippen LogP contribution in [0.25, 0.3) is 0 Å². The summed E-state index contributed by atoms with van der Waals surface area (Å²) in [5.74, 6) is -0.590. The van der Waals surface area contributed by atoms with Crippen molar-refractivity contribution in [2.45, 2.75) is 46.3 Å². The number of ether oxygens (including phenoxy) is 1. The topological polar surface area (TPSA) is 66.8 Å². The molecule has 1 aliphatic heterocycles. The lowest BCUT2D eigenvalue weighted by atomic mass is 10.0. The third kappa shape index (κ3) is 1.95. The fourth-order valence-corrected chi connectivity index (χ4v) is 3.08. The molecule has 18 heavy (non-hydrogen) atoms. The molecule has 0 radical (unpaired) electrons. The minimum Gasteiger partial charge on any atom is -0.480 e. The molecule has 2 aliphatic rings. The number of hydrogen-bond acceptors (Lipinski definition) is 3. The van der Waals surface area contributed by atoms with Gasteiger partial charge >= 0.3 is 12.1 Å². The number of carboxylic acid groups (broad SMARTS) is 1. The number of hydrogen-bond donors (Lipinski definition) is 1. The third-order valence-electron chi connectivity index (χ3n) is 4.09. The Morgan fingerprint density at radius 1 is 1.33 bits per heavy atom. The van der Waals surface area contributed by atoms with Crippen LogP contribution in [0.15, 0.2) is 0 Å². The molecule has 1 heterocycles. The van der Waals surface area contributed by atoms with Gasteiger partial charge in [-0.1, -0.05) is 13.8 Å². The summed E-state index contributed by atoms with van der Waals surface area (Å²) in [5, 5.41) is 9.31. The van der Waals surface area contributed by atoms with Gasteiger partial charge in [-0.3, -0.25) is 4.90 Å². The molecule has 1 saturated carbocycles. The van der Waals surface area contributed by atoms with Gasteiger partial charge < -0.3 is 9.84 Å². The van der Waals surface area contributed by atoms with Gasteiger partial charge in [-0.15, -0.1) is 0 Å². The number of carbonyl (C=O) groups excluding carboxylic acids is 1. The zero-order chi connectivity index (χ0) is 13.9. The molecule has 0 spiro atoms. The van der Waals surface area contributed by atoms with Crippen molar-refractivity contribution in [2.24, 2.45) is 17.3 Å². The van der Waals surface area contributed by atoms with Crippen molar-refractivity contribution in [1.29, 1.82) is 0 Å². The van der Waals surface area contributed by atoms with E-state index in [9.17, 15) is 14.7 Å². The number of rotatable bonds is 1. The van der Waals surface area contributed by atoms with E-state index in [2.05, 4.69) is 13.8 Å². The molecule has 1 N–H and O–H groups in total. The van der Waals surface area contributed by atoms with Crippen LogP contribution in [-0.2, 0) is 9.53 Å².